The van der Waals surface area contributed by atoms with Crippen LogP contribution in [0.25, 0.3) is 28.0 Å². The molecule has 2 aliphatic rings. The van der Waals surface area contributed by atoms with Crippen molar-refractivity contribution in [3.05, 3.63) is 66.1 Å². The Kier molecular flexibility index (Phi) is 8.09. The van der Waals surface area contributed by atoms with Gasteiger partial charge in [0.05, 0.1) is 29.8 Å². The van der Waals surface area contributed by atoms with Crippen LogP contribution in [0.5, 0.6) is 0 Å². The van der Waals surface area contributed by atoms with Gasteiger partial charge < -0.3 is 25.8 Å². The fourth-order valence-electron chi connectivity index (χ4n) is 6.15. The molecule has 2 fully saturated rings. The number of nitrogens with zero attached hydrogens (tertiary/aromatic N) is 5. The number of nitrogens with one attached hydrogen (secondary N) is 1. The zero-order valence-corrected chi connectivity index (χ0v) is 24.3. The average Bonchev–Trinajstić information content (AvgIpc) is 3.49. The highest BCUT2D eigenvalue weighted by molar-refractivity contribution is 6.00. The second kappa shape index (κ2) is 12.1. The normalized spacial score (nSPS) is 17.2. The predicted molar refractivity (Wildman–Crippen MR) is 163 cm³/mol. The third-order valence-electron chi connectivity index (χ3n) is 8.88. The third-order valence-corrected chi connectivity index (χ3v) is 8.88. The number of hydrogen-bond donors (Lipinski definition) is 3. The number of benzene rings is 1. The van der Waals surface area contributed by atoms with Crippen LogP contribution < -0.4 is 11.1 Å². The number of Topliss-reactive ketones (excluding diaryl/α,β-unsaturated/α-hetero) is 1. The number of hydrogen-bond acceptors (Lipinski definition) is 8. The van der Waals surface area contributed by atoms with Crippen LogP contribution in [0.3, 0.4) is 0 Å². The minimum Gasteiger partial charge on any atom is -0.396 e. The van der Waals surface area contributed by atoms with E-state index in [4.69, 9.17) is 15.5 Å². The minimum absolute atomic E-state index is 0.0198. The average molecular weight is 584 g/mol. The van der Waals surface area contributed by atoms with Gasteiger partial charge in [-0.25, -0.2) is 9.78 Å². The lowest BCUT2D eigenvalue weighted by atomic mass is 9.81. The van der Waals surface area contributed by atoms with E-state index in [-0.39, 0.29) is 35.6 Å². The fourth-order valence-corrected chi connectivity index (χ4v) is 6.15. The Morgan fingerprint density at radius 3 is 2.47 bits per heavy atom. The van der Waals surface area contributed by atoms with Gasteiger partial charge in [0.2, 0.25) is 0 Å². The number of amides is 2. The van der Waals surface area contributed by atoms with E-state index in [0.717, 1.165) is 35.2 Å². The van der Waals surface area contributed by atoms with Gasteiger partial charge in [0, 0.05) is 67.1 Å². The Morgan fingerprint density at radius 1 is 1.07 bits per heavy atom. The summed E-state index contributed by atoms with van der Waals surface area (Å²) in [5.41, 5.74) is 11.3. The molecule has 0 atom stereocenters. The van der Waals surface area contributed by atoms with Gasteiger partial charge in [-0.1, -0.05) is 36.4 Å². The van der Waals surface area contributed by atoms with Crippen molar-refractivity contribution < 1.29 is 19.4 Å². The van der Waals surface area contributed by atoms with Crippen LogP contribution in [0.2, 0.25) is 0 Å². The molecule has 0 saturated carbocycles. The third kappa shape index (κ3) is 5.70. The number of anilines is 1. The van der Waals surface area contributed by atoms with Crippen LogP contribution in [0.1, 0.15) is 54.6 Å². The molecule has 2 amide bonds. The van der Waals surface area contributed by atoms with Crippen molar-refractivity contribution in [3.8, 4) is 22.4 Å². The van der Waals surface area contributed by atoms with E-state index < -0.39 is 0 Å². The van der Waals surface area contributed by atoms with Crippen LogP contribution in [-0.4, -0.2) is 80.9 Å². The summed E-state index contributed by atoms with van der Waals surface area (Å²) in [6.45, 7) is 4.16. The molecule has 0 spiro atoms. The molecule has 1 aromatic carbocycles. The van der Waals surface area contributed by atoms with E-state index >= 15 is 0 Å². The molecule has 11 heteroatoms. The first-order valence-electron chi connectivity index (χ1n) is 14.8. The maximum absolute atomic E-state index is 13.0. The largest absolute Gasteiger partial charge is 0.396 e. The molecular formula is C32H37N7O4. The number of aliphatic hydroxyl groups is 1. The second-order valence-corrected chi connectivity index (χ2v) is 11.6. The number of carbonyl (C=O) groups excluding carboxylic acids is 2. The van der Waals surface area contributed by atoms with Crippen LogP contribution in [0.4, 0.5) is 10.6 Å². The zero-order valence-electron chi connectivity index (χ0n) is 24.3. The van der Waals surface area contributed by atoms with Gasteiger partial charge in [0.25, 0.3) is 0 Å². The summed E-state index contributed by atoms with van der Waals surface area (Å²) in [6.07, 6.45) is 6.24. The summed E-state index contributed by atoms with van der Waals surface area (Å²) in [6, 6.07) is 13.8. The first kappa shape index (κ1) is 28.8. The number of likely N-dealkylation sites (tertiary alicyclic amines) is 1. The highest BCUT2D eigenvalue weighted by atomic mass is 16.5. The Hall–Kier alpha value is -4.35. The summed E-state index contributed by atoms with van der Waals surface area (Å²) in [5.74, 6) is 0.0492. The molecule has 3 aromatic heterocycles. The molecule has 6 rings (SSSR count). The summed E-state index contributed by atoms with van der Waals surface area (Å²) >= 11 is 0. The van der Waals surface area contributed by atoms with E-state index in [0.29, 0.717) is 62.6 Å². The lowest BCUT2D eigenvalue weighted by Gasteiger charge is -2.37. The smallest absolute Gasteiger partial charge is 0.317 e. The quantitative estimate of drug-likeness (QED) is 0.277. The lowest BCUT2D eigenvalue weighted by molar-refractivity contribution is -0.0144. The maximum atomic E-state index is 13.0. The summed E-state index contributed by atoms with van der Waals surface area (Å²) in [5, 5.41) is 17.5. The summed E-state index contributed by atoms with van der Waals surface area (Å²) in [4.78, 5) is 37.3. The molecule has 224 valence electrons. The van der Waals surface area contributed by atoms with E-state index in [1.807, 2.05) is 42.5 Å². The maximum Gasteiger partial charge on any atom is 0.317 e. The highest BCUT2D eigenvalue weighted by Gasteiger charge is 2.34. The number of fused-ring (bicyclic) bond motifs is 1. The molecular weight excluding hydrogens is 546 g/mol. The molecule has 11 nitrogen and oxygen atoms in total. The van der Waals surface area contributed by atoms with Crippen molar-refractivity contribution in [1.29, 1.82) is 0 Å². The molecule has 43 heavy (non-hydrogen) atoms. The minimum atomic E-state index is -0.334. The Morgan fingerprint density at radius 2 is 1.81 bits per heavy atom. The van der Waals surface area contributed by atoms with Crippen molar-refractivity contribution in [2.45, 2.75) is 38.5 Å². The van der Waals surface area contributed by atoms with Gasteiger partial charge in [0.15, 0.2) is 11.4 Å². The van der Waals surface area contributed by atoms with Crippen LogP contribution in [0.15, 0.2) is 54.9 Å². The van der Waals surface area contributed by atoms with Crippen molar-refractivity contribution in [2.24, 2.45) is 5.41 Å². The molecule has 4 N–H and O–H groups in total. The molecule has 0 radical (unpaired) electrons. The van der Waals surface area contributed by atoms with Gasteiger partial charge in [-0.05, 0) is 38.7 Å². The van der Waals surface area contributed by atoms with Crippen molar-refractivity contribution >= 4 is 23.3 Å². The molecule has 0 aliphatic carbocycles. The number of aromatic nitrogens is 4. The Balaban J connectivity index is 1.21. The zero-order chi connectivity index (χ0) is 30.0. The van der Waals surface area contributed by atoms with Gasteiger partial charge in [-0.15, -0.1) is 0 Å². The summed E-state index contributed by atoms with van der Waals surface area (Å²) in [7, 11) is 0. The molecule has 2 saturated heterocycles. The van der Waals surface area contributed by atoms with E-state index in [2.05, 4.69) is 15.4 Å². The number of urea groups is 1. The summed E-state index contributed by atoms with van der Waals surface area (Å²) < 4.78 is 6.96. The van der Waals surface area contributed by atoms with E-state index in [1.54, 1.807) is 17.3 Å². The standard InChI is InChI=1S/C32H37N7O4/c1-21(41)27-28(23-9-13-38(14-10-23)31(42)35-19-32(20-40)11-15-43-16-12-32)37-30-25(18-36-39(30)29(27)33)24-7-8-26(34-17-24)22-5-3-2-4-6-22/h2-8,17-18,23,40H,9-16,19-20,33H2,1H3,(H,35,42). The van der Waals surface area contributed by atoms with Gasteiger partial charge in [-0.3, -0.25) is 9.78 Å². The molecule has 4 aromatic rings. The van der Waals surface area contributed by atoms with Crippen LogP contribution >= 0.6 is 0 Å². The second-order valence-electron chi connectivity index (χ2n) is 11.6. The van der Waals surface area contributed by atoms with Crippen molar-refractivity contribution in [1.82, 2.24) is 29.8 Å². The Bertz CT molecular complexity index is 1610. The van der Waals surface area contributed by atoms with E-state index in [9.17, 15) is 14.7 Å². The lowest BCUT2D eigenvalue weighted by Crippen LogP contribution is -2.49. The number of pyridine rings is 1. The van der Waals surface area contributed by atoms with Gasteiger partial charge in [-0.2, -0.15) is 9.61 Å². The SMILES string of the molecule is CC(=O)c1c(C2CCN(C(=O)NCC3(CO)CCOCC3)CC2)nc2c(-c3ccc(-c4ccccc4)nc3)cnn2c1N. The van der Waals surface area contributed by atoms with Crippen molar-refractivity contribution in [2.75, 3.05) is 45.2 Å². The monoisotopic (exact) mass is 583 g/mol. The molecule has 0 bridgehead atoms. The molecule has 5 heterocycles. The first-order chi connectivity index (χ1) is 20.9. The van der Waals surface area contributed by atoms with Gasteiger partial charge in [0.1, 0.15) is 5.82 Å². The van der Waals surface area contributed by atoms with Crippen LogP contribution in [0, 0.1) is 5.41 Å². The van der Waals surface area contributed by atoms with Crippen molar-refractivity contribution in [3.63, 3.8) is 0 Å². The number of ketones is 1. The Labute approximate surface area is 250 Å². The number of rotatable bonds is 7. The number of aliphatic hydroxyl groups excluding tert-OH is 1. The fraction of sp³-hybridized carbons (Fsp3) is 0.406. The number of carbonyl (C=O) groups is 2. The number of nitrogens with two attached hydrogens (primary N) is 1. The number of ether oxygens (including phenoxy) is 1. The number of piperidine rings is 1. The molecule has 0 unspecified atom stereocenters. The number of nitrogen functional groups attached to an aromatic ring is 1. The van der Waals surface area contributed by atoms with E-state index in [1.165, 1.54) is 11.4 Å². The van der Waals surface area contributed by atoms with Crippen LogP contribution in [-0.2, 0) is 4.74 Å². The molecule has 2 aliphatic heterocycles. The van der Waals surface area contributed by atoms with Gasteiger partial charge >= 0.3 is 6.03 Å². The highest BCUT2D eigenvalue weighted by Crippen LogP contribution is 2.35. The predicted octanol–water partition coefficient (Wildman–Crippen LogP) is 3.92. The first-order valence-corrected chi connectivity index (χ1v) is 14.8. The topological polar surface area (TPSA) is 148 Å².